The summed E-state index contributed by atoms with van der Waals surface area (Å²) in [5.74, 6) is 0.662. The molecule has 2 atom stereocenters. The highest BCUT2D eigenvalue weighted by Crippen LogP contribution is 2.14. The fourth-order valence-corrected chi connectivity index (χ4v) is 2.34. The van der Waals surface area contributed by atoms with Crippen LogP contribution in [0.3, 0.4) is 0 Å². The molecule has 106 valence electrons. The van der Waals surface area contributed by atoms with Crippen molar-refractivity contribution >= 4 is 5.91 Å². The van der Waals surface area contributed by atoms with Crippen molar-refractivity contribution in [2.75, 3.05) is 26.2 Å². The number of ether oxygens (including phenoxy) is 1. The van der Waals surface area contributed by atoms with Crippen molar-refractivity contribution in [1.82, 2.24) is 10.6 Å². The zero-order valence-corrected chi connectivity index (χ0v) is 11.8. The lowest BCUT2D eigenvalue weighted by Crippen LogP contribution is -2.48. The fraction of sp³-hybridized carbons (Fsp3) is 0.929. The van der Waals surface area contributed by atoms with Gasteiger partial charge in [-0.3, -0.25) is 4.79 Å². The number of carbonyl (C=O) groups excluding carboxylic acids is 1. The molecule has 0 aliphatic carbocycles. The van der Waals surface area contributed by atoms with Crippen molar-refractivity contribution in [3.8, 4) is 0 Å². The van der Waals surface area contributed by atoms with Gasteiger partial charge in [-0.05, 0) is 18.8 Å². The van der Waals surface area contributed by atoms with Gasteiger partial charge in [0.2, 0.25) is 5.91 Å². The first-order valence-electron chi connectivity index (χ1n) is 7.38. The van der Waals surface area contributed by atoms with E-state index < -0.39 is 0 Å². The highest BCUT2D eigenvalue weighted by Gasteiger charge is 2.22. The summed E-state index contributed by atoms with van der Waals surface area (Å²) in [6.07, 6.45) is 5.78. The Hall–Kier alpha value is -0.610. The fourth-order valence-electron chi connectivity index (χ4n) is 2.34. The SMILES string of the molecule is CCCCC(CCC)CNC(=O)C1CNCCO1. The van der Waals surface area contributed by atoms with Crippen molar-refractivity contribution in [2.45, 2.75) is 52.1 Å². The number of amides is 1. The molecule has 1 aliphatic rings. The zero-order chi connectivity index (χ0) is 13.2. The summed E-state index contributed by atoms with van der Waals surface area (Å²) >= 11 is 0. The average Bonchev–Trinajstić information content (AvgIpc) is 2.42. The summed E-state index contributed by atoms with van der Waals surface area (Å²) < 4.78 is 5.44. The Morgan fingerprint density at radius 3 is 2.83 bits per heavy atom. The third kappa shape index (κ3) is 5.83. The normalized spacial score (nSPS) is 21.6. The molecular weight excluding hydrogens is 228 g/mol. The second kappa shape index (κ2) is 9.34. The van der Waals surface area contributed by atoms with Gasteiger partial charge in [-0.15, -0.1) is 0 Å². The van der Waals surface area contributed by atoms with Crippen molar-refractivity contribution in [2.24, 2.45) is 5.92 Å². The Balaban J connectivity index is 2.24. The van der Waals surface area contributed by atoms with Gasteiger partial charge in [-0.2, -0.15) is 0 Å². The molecule has 1 saturated heterocycles. The molecule has 1 fully saturated rings. The Morgan fingerprint density at radius 1 is 1.39 bits per heavy atom. The highest BCUT2D eigenvalue weighted by molar-refractivity contribution is 5.81. The minimum Gasteiger partial charge on any atom is -0.366 e. The molecule has 4 heteroatoms. The molecule has 18 heavy (non-hydrogen) atoms. The smallest absolute Gasteiger partial charge is 0.250 e. The van der Waals surface area contributed by atoms with Gasteiger partial charge in [0.15, 0.2) is 0 Å². The lowest BCUT2D eigenvalue weighted by Gasteiger charge is -2.24. The average molecular weight is 256 g/mol. The third-order valence-corrected chi connectivity index (χ3v) is 3.45. The summed E-state index contributed by atoms with van der Waals surface area (Å²) in [4.78, 5) is 11.9. The first kappa shape index (κ1) is 15.4. The Labute approximate surface area is 111 Å². The van der Waals surface area contributed by atoms with E-state index in [0.717, 1.165) is 13.1 Å². The third-order valence-electron chi connectivity index (χ3n) is 3.45. The van der Waals surface area contributed by atoms with Gasteiger partial charge in [-0.1, -0.05) is 33.1 Å². The topological polar surface area (TPSA) is 50.4 Å². The van der Waals surface area contributed by atoms with Crippen LogP contribution in [0.2, 0.25) is 0 Å². The lowest BCUT2D eigenvalue weighted by molar-refractivity contribution is -0.134. The summed E-state index contributed by atoms with van der Waals surface area (Å²) in [6, 6.07) is 0. The van der Waals surface area contributed by atoms with E-state index in [4.69, 9.17) is 4.74 Å². The zero-order valence-electron chi connectivity index (χ0n) is 11.8. The van der Waals surface area contributed by atoms with Gasteiger partial charge in [-0.25, -0.2) is 0 Å². The second-order valence-electron chi connectivity index (χ2n) is 5.11. The van der Waals surface area contributed by atoms with Crippen LogP contribution in [0.15, 0.2) is 0 Å². The van der Waals surface area contributed by atoms with Gasteiger partial charge < -0.3 is 15.4 Å². The number of morpholine rings is 1. The van der Waals surface area contributed by atoms with E-state index in [1.165, 1.54) is 32.1 Å². The highest BCUT2D eigenvalue weighted by atomic mass is 16.5. The van der Waals surface area contributed by atoms with E-state index in [9.17, 15) is 4.79 Å². The summed E-state index contributed by atoms with van der Waals surface area (Å²) in [5.41, 5.74) is 0. The maximum atomic E-state index is 11.9. The van der Waals surface area contributed by atoms with Crippen LogP contribution in [0.25, 0.3) is 0 Å². The second-order valence-corrected chi connectivity index (χ2v) is 5.11. The monoisotopic (exact) mass is 256 g/mol. The molecule has 0 aromatic heterocycles. The van der Waals surface area contributed by atoms with E-state index in [1.54, 1.807) is 0 Å². The van der Waals surface area contributed by atoms with Crippen LogP contribution >= 0.6 is 0 Å². The quantitative estimate of drug-likeness (QED) is 0.695. The summed E-state index contributed by atoms with van der Waals surface area (Å²) in [6.45, 7) is 7.33. The van der Waals surface area contributed by atoms with E-state index in [1.807, 2.05) is 0 Å². The Morgan fingerprint density at radius 2 is 2.22 bits per heavy atom. The molecule has 0 radical (unpaired) electrons. The molecule has 0 bridgehead atoms. The summed E-state index contributed by atoms with van der Waals surface area (Å²) in [7, 11) is 0. The molecule has 1 amide bonds. The van der Waals surface area contributed by atoms with Gasteiger partial charge in [0.05, 0.1) is 6.61 Å². The first-order chi connectivity index (χ1) is 8.77. The minimum absolute atomic E-state index is 0.0415. The molecule has 0 saturated carbocycles. The molecule has 1 heterocycles. The first-order valence-corrected chi connectivity index (χ1v) is 7.38. The van der Waals surface area contributed by atoms with Crippen molar-refractivity contribution in [3.05, 3.63) is 0 Å². The maximum absolute atomic E-state index is 11.9. The minimum atomic E-state index is -0.299. The molecule has 2 N–H and O–H groups in total. The Bertz CT molecular complexity index is 228. The number of nitrogens with one attached hydrogen (secondary N) is 2. The molecule has 0 aromatic carbocycles. The number of rotatable bonds is 8. The van der Waals surface area contributed by atoms with Gasteiger partial charge >= 0.3 is 0 Å². The number of carbonyl (C=O) groups is 1. The van der Waals surface area contributed by atoms with E-state index in [-0.39, 0.29) is 12.0 Å². The van der Waals surface area contributed by atoms with Crippen LogP contribution in [0.5, 0.6) is 0 Å². The molecule has 1 aliphatic heterocycles. The van der Waals surface area contributed by atoms with Crippen molar-refractivity contribution < 1.29 is 9.53 Å². The van der Waals surface area contributed by atoms with Crippen molar-refractivity contribution in [3.63, 3.8) is 0 Å². The predicted octanol–water partition coefficient (Wildman–Crippen LogP) is 1.70. The van der Waals surface area contributed by atoms with Crippen LogP contribution in [0, 0.1) is 5.92 Å². The van der Waals surface area contributed by atoms with Gasteiger partial charge in [0, 0.05) is 19.6 Å². The maximum Gasteiger partial charge on any atom is 0.250 e. The largest absolute Gasteiger partial charge is 0.366 e. The van der Waals surface area contributed by atoms with Crippen LogP contribution in [-0.4, -0.2) is 38.3 Å². The molecule has 4 nitrogen and oxygen atoms in total. The number of unbranched alkanes of at least 4 members (excludes halogenated alkanes) is 1. The number of hydrogen-bond donors (Lipinski definition) is 2. The van der Waals surface area contributed by atoms with E-state index in [2.05, 4.69) is 24.5 Å². The van der Waals surface area contributed by atoms with Gasteiger partial charge in [0.25, 0.3) is 0 Å². The Kier molecular flexibility index (Phi) is 8.01. The standard InChI is InChI=1S/C14H28N2O2/c1-3-5-7-12(6-4-2)10-16-14(17)13-11-15-8-9-18-13/h12-13,15H,3-11H2,1-2H3,(H,16,17). The number of hydrogen-bond acceptors (Lipinski definition) is 3. The van der Waals surface area contributed by atoms with Gasteiger partial charge in [0.1, 0.15) is 6.10 Å². The molecule has 1 rings (SSSR count). The molecule has 2 unspecified atom stereocenters. The molecule has 0 aromatic rings. The summed E-state index contributed by atoms with van der Waals surface area (Å²) in [5, 5.41) is 6.22. The van der Waals surface area contributed by atoms with E-state index >= 15 is 0 Å². The van der Waals surface area contributed by atoms with Crippen LogP contribution in [0.4, 0.5) is 0 Å². The van der Waals surface area contributed by atoms with Crippen molar-refractivity contribution in [1.29, 1.82) is 0 Å². The van der Waals surface area contributed by atoms with Crippen LogP contribution in [0.1, 0.15) is 46.0 Å². The van der Waals surface area contributed by atoms with E-state index in [0.29, 0.717) is 19.1 Å². The molecule has 0 spiro atoms. The van der Waals surface area contributed by atoms with Crippen LogP contribution < -0.4 is 10.6 Å². The lowest BCUT2D eigenvalue weighted by atomic mass is 9.97. The van der Waals surface area contributed by atoms with Crippen LogP contribution in [-0.2, 0) is 9.53 Å². The predicted molar refractivity (Wildman–Crippen MR) is 73.5 cm³/mol. The molecular formula is C14H28N2O2.